The van der Waals surface area contributed by atoms with Gasteiger partial charge in [-0.05, 0) is 57.4 Å². The molecule has 0 saturated heterocycles. The third-order valence-electron chi connectivity index (χ3n) is 5.42. The zero-order valence-corrected chi connectivity index (χ0v) is 14.9. The fraction of sp³-hybridized carbons (Fsp3) is 0.611. The summed E-state index contributed by atoms with van der Waals surface area (Å²) >= 11 is 1.72. The number of rotatable bonds is 4. The molecular weight excluding hydrogens is 320 g/mol. The summed E-state index contributed by atoms with van der Waals surface area (Å²) in [7, 11) is 0. The Balaban J connectivity index is 1.36. The molecule has 1 N–H and O–H groups in total. The summed E-state index contributed by atoms with van der Waals surface area (Å²) in [5.41, 5.74) is 5.46. The van der Waals surface area contributed by atoms with Gasteiger partial charge < -0.3 is 5.32 Å². The molecule has 0 aromatic carbocycles. The van der Waals surface area contributed by atoms with Gasteiger partial charge in [-0.15, -0.1) is 11.3 Å². The first-order valence-electron chi connectivity index (χ1n) is 8.94. The first-order valence-corrected chi connectivity index (χ1v) is 9.82. The number of hydrogen-bond donors (Lipinski definition) is 1. The van der Waals surface area contributed by atoms with Crippen LogP contribution in [0.4, 0.5) is 0 Å². The standard InChI is InChI=1S/C18H24N4OS/c1-12-17(24-11-20-12)10-19-14-5-7-15(8-6-14)22-18(23)9-13-3-2-4-16(13)21-22/h9,11,14-15,19H,2-8,10H2,1H3. The van der Waals surface area contributed by atoms with E-state index in [2.05, 4.69) is 22.3 Å². The highest BCUT2D eigenvalue weighted by Crippen LogP contribution is 2.28. The lowest BCUT2D eigenvalue weighted by atomic mass is 9.91. The van der Waals surface area contributed by atoms with Gasteiger partial charge in [0.15, 0.2) is 0 Å². The summed E-state index contributed by atoms with van der Waals surface area (Å²) in [6.07, 6.45) is 7.46. The Labute approximate surface area is 146 Å². The molecule has 2 aromatic heterocycles. The van der Waals surface area contributed by atoms with E-state index < -0.39 is 0 Å². The van der Waals surface area contributed by atoms with Crippen LogP contribution in [0.3, 0.4) is 0 Å². The Bertz CT molecular complexity index is 774. The number of aromatic nitrogens is 3. The molecule has 1 fully saturated rings. The number of hydrogen-bond acceptors (Lipinski definition) is 5. The predicted octanol–water partition coefficient (Wildman–Crippen LogP) is 2.77. The average Bonchev–Trinajstić information content (AvgIpc) is 3.21. The Morgan fingerprint density at radius 1 is 1.29 bits per heavy atom. The van der Waals surface area contributed by atoms with Crippen LogP contribution in [0.5, 0.6) is 0 Å². The van der Waals surface area contributed by atoms with Crippen LogP contribution in [-0.4, -0.2) is 20.8 Å². The van der Waals surface area contributed by atoms with Gasteiger partial charge in [-0.2, -0.15) is 5.10 Å². The van der Waals surface area contributed by atoms with E-state index in [4.69, 9.17) is 0 Å². The van der Waals surface area contributed by atoms with Crippen molar-refractivity contribution in [1.82, 2.24) is 20.1 Å². The van der Waals surface area contributed by atoms with E-state index in [0.29, 0.717) is 6.04 Å². The van der Waals surface area contributed by atoms with Gasteiger partial charge in [0.05, 0.1) is 22.9 Å². The van der Waals surface area contributed by atoms with Crippen molar-refractivity contribution >= 4 is 11.3 Å². The zero-order valence-electron chi connectivity index (χ0n) is 14.1. The minimum atomic E-state index is 0.0901. The molecule has 4 rings (SSSR count). The monoisotopic (exact) mass is 344 g/mol. The van der Waals surface area contributed by atoms with Crippen molar-refractivity contribution in [1.29, 1.82) is 0 Å². The second kappa shape index (κ2) is 6.76. The van der Waals surface area contributed by atoms with E-state index >= 15 is 0 Å². The molecule has 0 radical (unpaired) electrons. The van der Waals surface area contributed by atoms with Crippen molar-refractivity contribution in [3.8, 4) is 0 Å². The second-order valence-electron chi connectivity index (χ2n) is 7.00. The maximum atomic E-state index is 12.4. The summed E-state index contributed by atoms with van der Waals surface area (Å²) in [6, 6.07) is 2.63. The average molecular weight is 344 g/mol. The van der Waals surface area contributed by atoms with Gasteiger partial charge in [-0.1, -0.05) is 0 Å². The lowest BCUT2D eigenvalue weighted by Crippen LogP contribution is -2.36. The lowest BCUT2D eigenvalue weighted by Gasteiger charge is -2.29. The third-order valence-corrected chi connectivity index (χ3v) is 6.36. The largest absolute Gasteiger partial charge is 0.309 e. The van der Waals surface area contributed by atoms with Crippen LogP contribution in [0.15, 0.2) is 16.4 Å². The molecule has 24 heavy (non-hydrogen) atoms. The van der Waals surface area contributed by atoms with E-state index in [-0.39, 0.29) is 11.6 Å². The molecule has 0 aliphatic heterocycles. The molecule has 0 amide bonds. The number of aryl methyl sites for hydroxylation is 3. The van der Waals surface area contributed by atoms with Crippen molar-refractivity contribution in [3.05, 3.63) is 43.8 Å². The minimum Gasteiger partial charge on any atom is -0.309 e. The first kappa shape index (κ1) is 16.0. The number of fused-ring (bicyclic) bond motifs is 1. The van der Waals surface area contributed by atoms with E-state index in [1.165, 1.54) is 10.4 Å². The van der Waals surface area contributed by atoms with E-state index in [9.17, 15) is 4.79 Å². The highest BCUT2D eigenvalue weighted by atomic mass is 32.1. The SMILES string of the molecule is Cc1ncsc1CNC1CCC(n2nc3c(cc2=O)CCC3)CC1. The van der Waals surface area contributed by atoms with E-state index in [1.54, 1.807) is 16.0 Å². The Morgan fingerprint density at radius 2 is 2.12 bits per heavy atom. The highest BCUT2D eigenvalue weighted by molar-refractivity contribution is 7.09. The summed E-state index contributed by atoms with van der Waals surface area (Å²) in [4.78, 5) is 18.0. The molecule has 128 valence electrons. The van der Waals surface area contributed by atoms with Gasteiger partial charge in [-0.3, -0.25) is 4.79 Å². The Kier molecular flexibility index (Phi) is 4.50. The number of nitrogens with one attached hydrogen (secondary N) is 1. The smallest absolute Gasteiger partial charge is 0.267 e. The zero-order chi connectivity index (χ0) is 16.5. The van der Waals surface area contributed by atoms with Crippen LogP contribution in [-0.2, 0) is 19.4 Å². The van der Waals surface area contributed by atoms with Crippen molar-refractivity contribution in [3.63, 3.8) is 0 Å². The van der Waals surface area contributed by atoms with Crippen molar-refractivity contribution in [2.45, 2.75) is 70.5 Å². The molecule has 0 unspecified atom stereocenters. The van der Waals surface area contributed by atoms with Gasteiger partial charge in [0.1, 0.15) is 0 Å². The summed E-state index contributed by atoms with van der Waals surface area (Å²) in [6.45, 7) is 2.97. The fourth-order valence-corrected chi connectivity index (χ4v) is 4.66. The normalized spacial score (nSPS) is 23.4. The molecular formula is C18H24N4OS. The van der Waals surface area contributed by atoms with Crippen molar-refractivity contribution < 1.29 is 0 Å². The van der Waals surface area contributed by atoms with Gasteiger partial charge in [-0.25, -0.2) is 9.67 Å². The quantitative estimate of drug-likeness (QED) is 0.926. The van der Waals surface area contributed by atoms with Gasteiger partial charge in [0.2, 0.25) is 0 Å². The number of nitrogens with zero attached hydrogens (tertiary/aromatic N) is 3. The van der Waals surface area contributed by atoms with Crippen LogP contribution < -0.4 is 10.9 Å². The predicted molar refractivity (Wildman–Crippen MR) is 95.5 cm³/mol. The maximum Gasteiger partial charge on any atom is 0.267 e. The molecule has 0 bridgehead atoms. The van der Waals surface area contributed by atoms with Crippen molar-refractivity contribution in [2.24, 2.45) is 0 Å². The van der Waals surface area contributed by atoms with E-state index in [0.717, 1.165) is 62.9 Å². The van der Waals surface area contributed by atoms with Crippen LogP contribution in [0.2, 0.25) is 0 Å². The molecule has 0 spiro atoms. The molecule has 0 atom stereocenters. The summed E-state index contributed by atoms with van der Waals surface area (Å²) in [5, 5.41) is 8.33. The molecule has 5 nitrogen and oxygen atoms in total. The molecule has 6 heteroatoms. The second-order valence-corrected chi connectivity index (χ2v) is 7.94. The maximum absolute atomic E-state index is 12.4. The highest BCUT2D eigenvalue weighted by Gasteiger charge is 2.25. The van der Waals surface area contributed by atoms with Gasteiger partial charge in [0, 0.05) is 23.5 Å². The Morgan fingerprint density at radius 3 is 2.88 bits per heavy atom. The van der Waals surface area contributed by atoms with Gasteiger partial charge >= 0.3 is 0 Å². The molecule has 2 aliphatic rings. The van der Waals surface area contributed by atoms with Crippen molar-refractivity contribution in [2.75, 3.05) is 0 Å². The minimum absolute atomic E-state index is 0.0901. The van der Waals surface area contributed by atoms with Gasteiger partial charge in [0.25, 0.3) is 5.56 Å². The fourth-order valence-electron chi connectivity index (χ4n) is 3.93. The molecule has 2 aromatic rings. The molecule has 2 heterocycles. The summed E-state index contributed by atoms with van der Waals surface area (Å²) in [5.74, 6) is 0. The first-order chi connectivity index (χ1) is 11.7. The van der Waals surface area contributed by atoms with Crippen LogP contribution in [0.1, 0.15) is 60.0 Å². The molecule has 1 saturated carbocycles. The Hall–Kier alpha value is -1.53. The van der Waals surface area contributed by atoms with E-state index in [1.807, 2.05) is 11.6 Å². The topological polar surface area (TPSA) is 59.8 Å². The van der Waals surface area contributed by atoms with Crippen LogP contribution in [0.25, 0.3) is 0 Å². The lowest BCUT2D eigenvalue weighted by molar-refractivity contribution is 0.267. The van der Waals surface area contributed by atoms with Crippen LogP contribution >= 0.6 is 11.3 Å². The van der Waals surface area contributed by atoms with Crippen LogP contribution in [0, 0.1) is 6.92 Å². The molecule has 2 aliphatic carbocycles. The third kappa shape index (κ3) is 3.17. The summed E-state index contributed by atoms with van der Waals surface area (Å²) < 4.78 is 1.77. The number of thiazole rings is 1.